The zero-order valence-electron chi connectivity index (χ0n) is 10.9. The summed E-state index contributed by atoms with van der Waals surface area (Å²) in [5, 5.41) is 0. The van der Waals surface area contributed by atoms with Crippen LogP contribution < -0.4 is 4.74 Å². The smallest absolute Gasteiger partial charge is 0.325 e. The summed E-state index contributed by atoms with van der Waals surface area (Å²) in [5.41, 5.74) is 1.98. The van der Waals surface area contributed by atoms with Crippen LogP contribution in [-0.4, -0.2) is 43.7 Å². The van der Waals surface area contributed by atoms with Gasteiger partial charge in [-0.25, -0.2) is 0 Å². The zero-order chi connectivity index (χ0) is 13.0. The lowest BCUT2D eigenvalue weighted by Gasteiger charge is -2.25. The van der Waals surface area contributed by atoms with E-state index in [1.807, 2.05) is 32.0 Å². The maximum absolute atomic E-state index is 11.9. The number of carbonyl (C=O) groups is 1. The van der Waals surface area contributed by atoms with Gasteiger partial charge in [0, 0.05) is 13.1 Å². The molecule has 0 N–H and O–H groups in total. The Kier molecular flexibility index (Phi) is 4.33. The number of hydrogen-bond donors (Lipinski definition) is 0. The minimum absolute atomic E-state index is 0.200. The second-order valence-electron chi connectivity index (χ2n) is 4.58. The van der Waals surface area contributed by atoms with E-state index in [9.17, 15) is 4.79 Å². The summed E-state index contributed by atoms with van der Waals surface area (Å²) in [5.74, 6) is 0.491. The van der Waals surface area contributed by atoms with Crippen LogP contribution in [0.2, 0.25) is 0 Å². The Hall–Kier alpha value is -1.39. The molecule has 4 nitrogen and oxygen atoms in total. The van der Waals surface area contributed by atoms with Gasteiger partial charge in [-0.05, 0) is 25.0 Å². The van der Waals surface area contributed by atoms with Crippen molar-refractivity contribution >= 4 is 5.97 Å². The minimum Gasteiger partial charge on any atom is -0.425 e. The molecule has 18 heavy (non-hydrogen) atoms. The molecule has 1 aliphatic heterocycles. The molecule has 1 aliphatic rings. The van der Waals surface area contributed by atoms with Gasteiger partial charge >= 0.3 is 5.97 Å². The molecule has 2 rings (SSSR count). The largest absolute Gasteiger partial charge is 0.425 e. The highest BCUT2D eigenvalue weighted by Crippen LogP contribution is 2.22. The first-order chi connectivity index (χ1) is 8.66. The summed E-state index contributed by atoms with van der Waals surface area (Å²) in [6.45, 7) is 7.20. The Bertz CT molecular complexity index is 405. The van der Waals surface area contributed by atoms with Crippen LogP contribution in [0, 0.1) is 13.8 Å². The summed E-state index contributed by atoms with van der Waals surface area (Å²) in [4.78, 5) is 13.9. The molecular weight excluding hydrogens is 230 g/mol. The lowest BCUT2D eigenvalue weighted by Crippen LogP contribution is -2.40. The van der Waals surface area contributed by atoms with Crippen LogP contribution in [0.4, 0.5) is 0 Å². The van der Waals surface area contributed by atoms with E-state index in [1.54, 1.807) is 0 Å². The average Bonchev–Trinajstić information content (AvgIpc) is 2.35. The molecule has 98 valence electrons. The number of esters is 1. The molecule has 0 atom stereocenters. The molecule has 1 fully saturated rings. The third-order valence-electron chi connectivity index (χ3n) is 3.08. The third-order valence-corrected chi connectivity index (χ3v) is 3.08. The number of ether oxygens (including phenoxy) is 2. The van der Waals surface area contributed by atoms with Crippen molar-refractivity contribution in [2.45, 2.75) is 13.8 Å². The van der Waals surface area contributed by atoms with Crippen LogP contribution in [0.25, 0.3) is 0 Å². The summed E-state index contributed by atoms with van der Waals surface area (Å²) in [6, 6.07) is 5.86. The molecule has 1 aromatic carbocycles. The Morgan fingerprint density at radius 1 is 1.28 bits per heavy atom. The van der Waals surface area contributed by atoms with Crippen molar-refractivity contribution in [3.63, 3.8) is 0 Å². The van der Waals surface area contributed by atoms with Crippen LogP contribution in [0.3, 0.4) is 0 Å². The molecule has 0 aliphatic carbocycles. The quantitative estimate of drug-likeness (QED) is 0.601. The van der Waals surface area contributed by atoms with Crippen molar-refractivity contribution in [3.05, 3.63) is 29.3 Å². The highest BCUT2D eigenvalue weighted by Gasteiger charge is 2.16. The number of carbonyl (C=O) groups excluding carboxylic acids is 1. The molecule has 1 aromatic rings. The first-order valence-electron chi connectivity index (χ1n) is 6.24. The molecule has 0 saturated carbocycles. The van der Waals surface area contributed by atoms with Gasteiger partial charge in [-0.15, -0.1) is 0 Å². The van der Waals surface area contributed by atoms with Crippen LogP contribution in [0.5, 0.6) is 5.75 Å². The van der Waals surface area contributed by atoms with Crippen molar-refractivity contribution in [3.8, 4) is 5.75 Å². The second-order valence-corrected chi connectivity index (χ2v) is 4.58. The van der Waals surface area contributed by atoms with Crippen molar-refractivity contribution in [2.24, 2.45) is 0 Å². The molecule has 0 spiro atoms. The van der Waals surface area contributed by atoms with Gasteiger partial charge < -0.3 is 9.47 Å². The van der Waals surface area contributed by atoms with Crippen molar-refractivity contribution in [2.75, 3.05) is 32.8 Å². The van der Waals surface area contributed by atoms with E-state index in [0.29, 0.717) is 25.5 Å². The fourth-order valence-electron chi connectivity index (χ4n) is 2.05. The molecule has 4 heteroatoms. The van der Waals surface area contributed by atoms with Gasteiger partial charge in [0.25, 0.3) is 0 Å². The molecule has 1 heterocycles. The number of morpholine rings is 1. The fourth-order valence-corrected chi connectivity index (χ4v) is 2.05. The van der Waals surface area contributed by atoms with Gasteiger partial charge in [0.15, 0.2) is 0 Å². The maximum Gasteiger partial charge on any atom is 0.325 e. The third kappa shape index (κ3) is 3.31. The predicted octanol–water partition coefficient (Wildman–Crippen LogP) is 1.54. The van der Waals surface area contributed by atoms with E-state index in [2.05, 4.69) is 4.90 Å². The van der Waals surface area contributed by atoms with E-state index in [0.717, 1.165) is 24.2 Å². The number of rotatable bonds is 3. The first kappa shape index (κ1) is 13.1. The van der Waals surface area contributed by atoms with E-state index in [-0.39, 0.29) is 5.97 Å². The standard InChI is InChI=1S/C14H19NO3/c1-11-4-3-5-12(2)14(11)18-13(16)10-15-6-8-17-9-7-15/h3-5H,6-10H2,1-2H3. The Labute approximate surface area is 107 Å². The van der Waals surface area contributed by atoms with E-state index in [1.165, 1.54) is 0 Å². The summed E-state index contributed by atoms with van der Waals surface area (Å²) in [6.07, 6.45) is 0. The molecule has 0 unspecified atom stereocenters. The van der Waals surface area contributed by atoms with Crippen molar-refractivity contribution in [1.29, 1.82) is 0 Å². The molecule has 0 amide bonds. The lowest BCUT2D eigenvalue weighted by atomic mass is 10.1. The van der Waals surface area contributed by atoms with Gasteiger partial charge in [-0.2, -0.15) is 0 Å². The normalized spacial score (nSPS) is 16.6. The monoisotopic (exact) mass is 249 g/mol. The second kappa shape index (κ2) is 5.98. The summed E-state index contributed by atoms with van der Waals surface area (Å²) in [7, 11) is 0. The Morgan fingerprint density at radius 2 is 1.89 bits per heavy atom. The van der Waals surface area contributed by atoms with Crippen molar-refractivity contribution in [1.82, 2.24) is 4.90 Å². The van der Waals surface area contributed by atoms with Gasteiger partial charge in [-0.3, -0.25) is 9.69 Å². The minimum atomic E-state index is -0.200. The fraction of sp³-hybridized carbons (Fsp3) is 0.500. The van der Waals surface area contributed by atoms with E-state index >= 15 is 0 Å². The highest BCUT2D eigenvalue weighted by atomic mass is 16.5. The maximum atomic E-state index is 11.9. The number of nitrogens with zero attached hydrogens (tertiary/aromatic N) is 1. The topological polar surface area (TPSA) is 38.8 Å². The summed E-state index contributed by atoms with van der Waals surface area (Å²) >= 11 is 0. The van der Waals surface area contributed by atoms with Crippen LogP contribution in [0.1, 0.15) is 11.1 Å². The number of para-hydroxylation sites is 1. The highest BCUT2D eigenvalue weighted by molar-refractivity contribution is 5.75. The molecule has 0 radical (unpaired) electrons. The number of benzene rings is 1. The van der Waals surface area contributed by atoms with Gasteiger partial charge in [0.2, 0.25) is 0 Å². The number of aryl methyl sites for hydroxylation is 2. The number of hydrogen-bond acceptors (Lipinski definition) is 4. The van der Waals surface area contributed by atoms with Gasteiger partial charge in [0.1, 0.15) is 5.75 Å². The van der Waals surface area contributed by atoms with Gasteiger partial charge in [0.05, 0.1) is 19.8 Å². The molecule has 0 aromatic heterocycles. The Morgan fingerprint density at radius 3 is 2.50 bits per heavy atom. The molecule has 1 saturated heterocycles. The van der Waals surface area contributed by atoms with Crippen LogP contribution in [0.15, 0.2) is 18.2 Å². The average molecular weight is 249 g/mol. The van der Waals surface area contributed by atoms with E-state index < -0.39 is 0 Å². The zero-order valence-corrected chi connectivity index (χ0v) is 10.9. The summed E-state index contributed by atoms with van der Waals surface area (Å²) < 4.78 is 10.7. The SMILES string of the molecule is Cc1cccc(C)c1OC(=O)CN1CCOCC1. The van der Waals surface area contributed by atoms with Crippen LogP contribution >= 0.6 is 0 Å². The molecule has 0 bridgehead atoms. The first-order valence-corrected chi connectivity index (χ1v) is 6.24. The van der Waals surface area contributed by atoms with Gasteiger partial charge in [-0.1, -0.05) is 18.2 Å². The molecular formula is C14H19NO3. The Balaban J connectivity index is 1.94. The predicted molar refractivity (Wildman–Crippen MR) is 68.8 cm³/mol. The van der Waals surface area contributed by atoms with E-state index in [4.69, 9.17) is 9.47 Å². The lowest BCUT2D eigenvalue weighted by molar-refractivity contribution is -0.136. The van der Waals surface area contributed by atoms with Crippen LogP contribution in [-0.2, 0) is 9.53 Å². The van der Waals surface area contributed by atoms with Crippen molar-refractivity contribution < 1.29 is 14.3 Å².